The number of anilines is 1. The van der Waals surface area contributed by atoms with Crippen LogP contribution in [-0.2, 0) is 6.18 Å². The van der Waals surface area contributed by atoms with E-state index >= 15 is 0 Å². The van der Waals surface area contributed by atoms with Crippen LogP contribution in [0.15, 0.2) is 24.4 Å². The molecule has 0 bridgehead atoms. The molecule has 0 aromatic carbocycles. The Balaban J connectivity index is 2.33. The molecule has 0 aliphatic heterocycles. The second-order valence-corrected chi connectivity index (χ2v) is 3.90. The molecule has 2 rings (SSSR count). The number of nitrogens with zero attached hydrogens (tertiary/aromatic N) is 3. The minimum absolute atomic E-state index is 0.171. The summed E-state index contributed by atoms with van der Waals surface area (Å²) in [6.45, 7) is 1.79. The van der Waals surface area contributed by atoms with E-state index in [0.717, 1.165) is 11.8 Å². The topological polar surface area (TPSA) is 59.9 Å². The molecule has 8 heteroatoms. The summed E-state index contributed by atoms with van der Waals surface area (Å²) in [7, 11) is 1.42. The second-order valence-electron chi connectivity index (χ2n) is 3.90. The first-order chi connectivity index (χ1) is 9.38. The van der Waals surface area contributed by atoms with Crippen molar-refractivity contribution in [2.24, 2.45) is 0 Å². The fourth-order valence-electron chi connectivity index (χ4n) is 1.37. The van der Waals surface area contributed by atoms with E-state index in [4.69, 9.17) is 4.74 Å². The van der Waals surface area contributed by atoms with Gasteiger partial charge in [-0.3, -0.25) is 4.98 Å². The third-order valence-electron chi connectivity index (χ3n) is 2.32. The summed E-state index contributed by atoms with van der Waals surface area (Å²) < 4.78 is 43.3. The first-order valence-electron chi connectivity index (χ1n) is 5.63. The SMILES string of the molecule is CNc1nc(Oc2ccc(C)nc2)cc(C(F)(F)F)n1. The standard InChI is InChI=1S/C12H11F3N4O/c1-7-3-4-8(6-17-7)20-10-5-9(12(13,14)15)18-11(16-2)19-10/h3-6H,1-2H3,(H,16,18,19). The molecule has 0 saturated heterocycles. The highest BCUT2D eigenvalue weighted by Crippen LogP contribution is 2.31. The molecule has 5 nitrogen and oxygen atoms in total. The van der Waals surface area contributed by atoms with Crippen molar-refractivity contribution < 1.29 is 17.9 Å². The first-order valence-corrected chi connectivity index (χ1v) is 5.63. The van der Waals surface area contributed by atoms with Crippen molar-refractivity contribution in [3.8, 4) is 11.6 Å². The van der Waals surface area contributed by atoms with Gasteiger partial charge >= 0.3 is 6.18 Å². The van der Waals surface area contributed by atoms with Gasteiger partial charge in [0.15, 0.2) is 5.69 Å². The van der Waals surface area contributed by atoms with Gasteiger partial charge in [-0.15, -0.1) is 0 Å². The zero-order valence-electron chi connectivity index (χ0n) is 10.7. The largest absolute Gasteiger partial charge is 0.437 e. The smallest absolute Gasteiger partial charge is 0.433 e. The number of hydrogen-bond acceptors (Lipinski definition) is 5. The number of pyridine rings is 1. The van der Waals surface area contributed by atoms with Crippen molar-refractivity contribution in [1.29, 1.82) is 0 Å². The van der Waals surface area contributed by atoms with Crippen LogP contribution < -0.4 is 10.1 Å². The van der Waals surface area contributed by atoms with Crippen molar-refractivity contribution in [3.63, 3.8) is 0 Å². The van der Waals surface area contributed by atoms with Gasteiger partial charge in [0.2, 0.25) is 11.8 Å². The lowest BCUT2D eigenvalue weighted by atomic mass is 10.3. The van der Waals surface area contributed by atoms with Crippen LogP contribution >= 0.6 is 0 Å². The first kappa shape index (κ1) is 14.0. The van der Waals surface area contributed by atoms with E-state index in [0.29, 0.717) is 5.75 Å². The Morgan fingerprint density at radius 2 is 1.95 bits per heavy atom. The third kappa shape index (κ3) is 3.34. The molecule has 1 N–H and O–H groups in total. The molecule has 0 amide bonds. The van der Waals surface area contributed by atoms with Crippen molar-refractivity contribution in [1.82, 2.24) is 15.0 Å². The fraction of sp³-hybridized carbons (Fsp3) is 0.250. The molecule has 2 heterocycles. The average Bonchev–Trinajstić information content (AvgIpc) is 2.40. The minimum Gasteiger partial charge on any atom is -0.437 e. The Kier molecular flexibility index (Phi) is 3.73. The zero-order chi connectivity index (χ0) is 14.8. The van der Waals surface area contributed by atoms with Gasteiger partial charge in [-0.1, -0.05) is 0 Å². The minimum atomic E-state index is -4.57. The molecule has 0 saturated carbocycles. The number of nitrogens with one attached hydrogen (secondary N) is 1. The van der Waals surface area contributed by atoms with Gasteiger partial charge < -0.3 is 10.1 Å². The number of aromatic nitrogens is 3. The quantitative estimate of drug-likeness (QED) is 0.938. The van der Waals surface area contributed by atoms with E-state index in [2.05, 4.69) is 20.3 Å². The summed E-state index contributed by atoms with van der Waals surface area (Å²) in [5.41, 5.74) is -0.307. The Morgan fingerprint density at radius 3 is 2.50 bits per heavy atom. The Hall–Kier alpha value is -2.38. The number of rotatable bonds is 3. The van der Waals surface area contributed by atoms with Gasteiger partial charge in [0.25, 0.3) is 0 Å². The zero-order valence-corrected chi connectivity index (χ0v) is 10.7. The summed E-state index contributed by atoms with van der Waals surface area (Å²) in [4.78, 5) is 11.1. The van der Waals surface area contributed by atoms with Gasteiger partial charge in [0.1, 0.15) is 5.75 Å². The van der Waals surface area contributed by atoms with Gasteiger partial charge in [0.05, 0.1) is 6.20 Å². The van der Waals surface area contributed by atoms with E-state index in [1.54, 1.807) is 19.1 Å². The van der Waals surface area contributed by atoms with Gasteiger partial charge in [-0.05, 0) is 19.1 Å². The number of aryl methyl sites for hydroxylation is 1. The van der Waals surface area contributed by atoms with Crippen LogP contribution in [0.1, 0.15) is 11.4 Å². The molecule has 0 aliphatic carbocycles. The number of halogens is 3. The number of hydrogen-bond donors (Lipinski definition) is 1. The van der Waals surface area contributed by atoms with Crippen LogP contribution in [0.3, 0.4) is 0 Å². The molecular formula is C12H11F3N4O. The van der Waals surface area contributed by atoms with Crippen LogP contribution in [0.5, 0.6) is 11.6 Å². The molecule has 106 valence electrons. The van der Waals surface area contributed by atoms with E-state index in [-0.39, 0.29) is 11.8 Å². The summed E-state index contributed by atoms with van der Waals surface area (Å²) in [5.74, 6) is -0.0818. The summed E-state index contributed by atoms with van der Waals surface area (Å²) in [6.07, 6.45) is -3.16. The predicted molar refractivity (Wildman–Crippen MR) is 65.6 cm³/mol. The number of ether oxygens (including phenoxy) is 1. The molecular weight excluding hydrogens is 273 g/mol. The van der Waals surface area contributed by atoms with Gasteiger partial charge in [-0.25, -0.2) is 4.98 Å². The highest BCUT2D eigenvalue weighted by atomic mass is 19.4. The maximum atomic E-state index is 12.7. The lowest BCUT2D eigenvalue weighted by Crippen LogP contribution is -2.11. The molecule has 0 radical (unpaired) electrons. The van der Waals surface area contributed by atoms with Crippen LogP contribution in [-0.4, -0.2) is 22.0 Å². The van der Waals surface area contributed by atoms with Crippen molar-refractivity contribution in [2.75, 3.05) is 12.4 Å². The summed E-state index contributed by atoms with van der Waals surface area (Å²) in [6, 6.07) is 4.01. The molecule has 0 spiro atoms. The number of alkyl halides is 3. The summed E-state index contributed by atoms with van der Waals surface area (Å²) in [5, 5.41) is 2.46. The van der Waals surface area contributed by atoms with Crippen LogP contribution in [0.2, 0.25) is 0 Å². The lowest BCUT2D eigenvalue weighted by Gasteiger charge is -2.10. The van der Waals surface area contributed by atoms with Crippen molar-refractivity contribution in [3.05, 3.63) is 35.8 Å². The van der Waals surface area contributed by atoms with Crippen molar-refractivity contribution in [2.45, 2.75) is 13.1 Å². The maximum absolute atomic E-state index is 12.7. The van der Waals surface area contributed by atoms with E-state index in [1.165, 1.54) is 13.2 Å². The van der Waals surface area contributed by atoms with E-state index in [1.807, 2.05) is 0 Å². The molecule has 2 aromatic heterocycles. The highest BCUT2D eigenvalue weighted by molar-refractivity contribution is 5.33. The molecule has 2 aromatic rings. The second kappa shape index (κ2) is 5.32. The fourth-order valence-corrected chi connectivity index (χ4v) is 1.37. The van der Waals surface area contributed by atoms with E-state index in [9.17, 15) is 13.2 Å². The van der Waals surface area contributed by atoms with Gasteiger partial charge in [0, 0.05) is 18.8 Å². The van der Waals surface area contributed by atoms with E-state index < -0.39 is 11.9 Å². The molecule has 0 atom stereocenters. The molecule has 0 aliphatic rings. The monoisotopic (exact) mass is 284 g/mol. The third-order valence-corrected chi connectivity index (χ3v) is 2.32. The predicted octanol–water partition coefficient (Wildman–Crippen LogP) is 3.03. The highest BCUT2D eigenvalue weighted by Gasteiger charge is 2.34. The summed E-state index contributed by atoms with van der Waals surface area (Å²) >= 11 is 0. The Morgan fingerprint density at radius 1 is 1.20 bits per heavy atom. The maximum Gasteiger partial charge on any atom is 0.433 e. The van der Waals surface area contributed by atoms with Crippen LogP contribution in [0.4, 0.5) is 19.1 Å². The van der Waals surface area contributed by atoms with Gasteiger partial charge in [-0.2, -0.15) is 18.2 Å². The molecule has 20 heavy (non-hydrogen) atoms. The van der Waals surface area contributed by atoms with Crippen LogP contribution in [0.25, 0.3) is 0 Å². The van der Waals surface area contributed by atoms with Crippen molar-refractivity contribution >= 4 is 5.95 Å². The molecule has 0 fully saturated rings. The lowest BCUT2D eigenvalue weighted by molar-refractivity contribution is -0.141. The normalized spacial score (nSPS) is 11.2. The van der Waals surface area contributed by atoms with Crippen LogP contribution in [0, 0.1) is 6.92 Å². The Bertz CT molecular complexity index is 599. The Labute approximate surface area is 112 Å². The molecule has 0 unspecified atom stereocenters. The average molecular weight is 284 g/mol.